The van der Waals surface area contributed by atoms with Crippen LogP contribution >= 0.6 is 0 Å². The highest BCUT2D eigenvalue weighted by atomic mass is 16.1. The molecule has 0 saturated carbocycles. The predicted molar refractivity (Wildman–Crippen MR) is 60.5 cm³/mol. The SMILES string of the molecule is CC(C)CNCc1cn(C(C)C(N)=O)nn1. The van der Waals surface area contributed by atoms with Crippen LogP contribution in [0.5, 0.6) is 0 Å². The number of nitrogens with zero attached hydrogens (tertiary/aromatic N) is 3. The van der Waals surface area contributed by atoms with Gasteiger partial charge in [0.2, 0.25) is 5.91 Å². The van der Waals surface area contributed by atoms with E-state index >= 15 is 0 Å². The number of nitrogens with two attached hydrogens (primary N) is 1. The normalized spacial score (nSPS) is 13.0. The van der Waals surface area contributed by atoms with Crippen LogP contribution in [0.1, 0.15) is 32.5 Å². The van der Waals surface area contributed by atoms with Crippen molar-refractivity contribution in [2.45, 2.75) is 33.4 Å². The first-order valence-electron chi connectivity index (χ1n) is 5.41. The Kier molecular flexibility index (Phi) is 4.42. The van der Waals surface area contributed by atoms with E-state index in [1.165, 1.54) is 4.68 Å². The van der Waals surface area contributed by atoms with Crippen molar-refractivity contribution in [3.63, 3.8) is 0 Å². The predicted octanol–water partition coefficient (Wildman–Crippen LogP) is 0.0700. The molecule has 1 unspecified atom stereocenters. The van der Waals surface area contributed by atoms with E-state index in [-0.39, 0.29) is 0 Å². The Morgan fingerprint density at radius 1 is 1.56 bits per heavy atom. The van der Waals surface area contributed by atoms with Crippen molar-refractivity contribution >= 4 is 5.91 Å². The minimum atomic E-state index is -0.452. The number of primary amides is 1. The summed E-state index contributed by atoms with van der Waals surface area (Å²) in [4.78, 5) is 10.9. The van der Waals surface area contributed by atoms with Crippen molar-refractivity contribution in [1.82, 2.24) is 20.3 Å². The second-order valence-corrected chi connectivity index (χ2v) is 4.29. The number of amides is 1. The Bertz CT molecular complexity index is 347. The quantitative estimate of drug-likeness (QED) is 0.717. The third kappa shape index (κ3) is 3.62. The van der Waals surface area contributed by atoms with E-state index in [0.29, 0.717) is 12.5 Å². The molecule has 0 aromatic carbocycles. The number of carbonyl (C=O) groups excluding carboxylic acids is 1. The van der Waals surface area contributed by atoms with Gasteiger partial charge in [0.05, 0.1) is 11.9 Å². The molecule has 0 radical (unpaired) electrons. The van der Waals surface area contributed by atoms with Crippen LogP contribution in [0.25, 0.3) is 0 Å². The standard InChI is InChI=1S/C10H19N5O/c1-7(2)4-12-5-9-6-15(14-13-9)8(3)10(11)16/h6-8,12H,4-5H2,1-3H3,(H2,11,16). The van der Waals surface area contributed by atoms with Crippen LogP contribution in [0, 0.1) is 5.92 Å². The van der Waals surface area contributed by atoms with Gasteiger partial charge in [-0.15, -0.1) is 5.10 Å². The fraction of sp³-hybridized carbons (Fsp3) is 0.700. The van der Waals surface area contributed by atoms with Gasteiger partial charge in [-0.1, -0.05) is 19.1 Å². The topological polar surface area (TPSA) is 85.8 Å². The molecule has 1 amide bonds. The Balaban J connectivity index is 2.48. The molecule has 1 atom stereocenters. The zero-order valence-electron chi connectivity index (χ0n) is 9.97. The average Bonchev–Trinajstić information content (AvgIpc) is 2.64. The lowest BCUT2D eigenvalue weighted by atomic mass is 10.2. The van der Waals surface area contributed by atoms with Crippen LogP contribution in [0.3, 0.4) is 0 Å². The van der Waals surface area contributed by atoms with E-state index in [4.69, 9.17) is 5.73 Å². The monoisotopic (exact) mass is 225 g/mol. The molecule has 6 heteroatoms. The molecule has 0 aliphatic heterocycles. The third-order valence-electron chi connectivity index (χ3n) is 2.23. The van der Waals surface area contributed by atoms with E-state index in [2.05, 4.69) is 29.5 Å². The maximum Gasteiger partial charge on any atom is 0.242 e. The molecule has 0 fully saturated rings. The van der Waals surface area contributed by atoms with Crippen LogP contribution < -0.4 is 11.1 Å². The average molecular weight is 225 g/mol. The van der Waals surface area contributed by atoms with Crippen LogP contribution in [0.2, 0.25) is 0 Å². The molecule has 3 N–H and O–H groups in total. The molecule has 6 nitrogen and oxygen atoms in total. The Morgan fingerprint density at radius 2 is 2.25 bits per heavy atom. The first-order valence-corrected chi connectivity index (χ1v) is 5.41. The molecular formula is C10H19N5O. The summed E-state index contributed by atoms with van der Waals surface area (Å²) in [6.45, 7) is 7.56. The van der Waals surface area contributed by atoms with E-state index < -0.39 is 11.9 Å². The summed E-state index contributed by atoms with van der Waals surface area (Å²) in [6, 6.07) is -0.452. The summed E-state index contributed by atoms with van der Waals surface area (Å²) in [6.07, 6.45) is 1.74. The third-order valence-corrected chi connectivity index (χ3v) is 2.23. The molecule has 0 aliphatic carbocycles. The highest BCUT2D eigenvalue weighted by molar-refractivity contribution is 5.77. The van der Waals surface area contributed by atoms with Gasteiger partial charge in [0.15, 0.2) is 0 Å². The van der Waals surface area contributed by atoms with Gasteiger partial charge in [-0.2, -0.15) is 0 Å². The first kappa shape index (κ1) is 12.6. The fourth-order valence-electron chi connectivity index (χ4n) is 1.20. The maximum atomic E-state index is 10.9. The Labute approximate surface area is 95.2 Å². The van der Waals surface area contributed by atoms with Crippen LogP contribution in [-0.2, 0) is 11.3 Å². The van der Waals surface area contributed by atoms with Crippen molar-refractivity contribution < 1.29 is 4.79 Å². The summed E-state index contributed by atoms with van der Waals surface area (Å²) in [5.41, 5.74) is 5.99. The molecule has 0 aliphatic rings. The highest BCUT2D eigenvalue weighted by Crippen LogP contribution is 2.03. The lowest BCUT2D eigenvalue weighted by Crippen LogP contribution is -2.24. The van der Waals surface area contributed by atoms with Gasteiger partial charge < -0.3 is 11.1 Å². The van der Waals surface area contributed by atoms with Crippen LogP contribution in [0.4, 0.5) is 0 Å². The minimum absolute atomic E-state index is 0.411. The smallest absolute Gasteiger partial charge is 0.242 e. The molecule has 1 aromatic rings. The number of hydrogen-bond donors (Lipinski definition) is 2. The molecule has 0 bridgehead atoms. The molecule has 1 rings (SSSR count). The molecule has 90 valence electrons. The number of nitrogens with one attached hydrogen (secondary N) is 1. The zero-order valence-corrected chi connectivity index (χ0v) is 9.97. The van der Waals surface area contributed by atoms with E-state index in [0.717, 1.165) is 12.2 Å². The number of hydrogen-bond acceptors (Lipinski definition) is 4. The summed E-state index contributed by atoms with van der Waals surface area (Å²) in [7, 11) is 0. The molecule has 16 heavy (non-hydrogen) atoms. The number of rotatable bonds is 6. The van der Waals surface area contributed by atoms with Crippen molar-refractivity contribution in [3.8, 4) is 0 Å². The Morgan fingerprint density at radius 3 is 2.81 bits per heavy atom. The van der Waals surface area contributed by atoms with Crippen LogP contribution in [-0.4, -0.2) is 27.4 Å². The first-order chi connectivity index (χ1) is 7.50. The largest absolute Gasteiger partial charge is 0.368 e. The highest BCUT2D eigenvalue weighted by Gasteiger charge is 2.12. The van der Waals surface area contributed by atoms with Crippen molar-refractivity contribution in [2.75, 3.05) is 6.54 Å². The van der Waals surface area contributed by atoms with Crippen molar-refractivity contribution in [1.29, 1.82) is 0 Å². The van der Waals surface area contributed by atoms with Crippen molar-refractivity contribution in [3.05, 3.63) is 11.9 Å². The molecule has 1 aromatic heterocycles. The van der Waals surface area contributed by atoms with Crippen molar-refractivity contribution in [2.24, 2.45) is 11.7 Å². The van der Waals surface area contributed by atoms with Gasteiger partial charge in [-0.05, 0) is 19.4 Å². The Hall–Kier alpha value is -1.43. The summed E-state index contributed by atoms with van der Waals surface area (Å²) >= 11 is 0. The number of aromatic nitrogens is 3. The van der Waals surface area contributed by atoms with Gasteiger partial charge in [0.1, 0.15) is 6.04 Å². The van der Waals surface area contributed by atoms with Crippen LogP contribution in [0.15, 0.2) is 6.20 Å². The van der Waals surface area contributed by atoms with Gasteiger partial charge in [0.25, 0.3) is 0 Å². The summed E-state index contributed by atoms with van der Waals surface area (Å²) in [5.74, 6) is 0.186. The van der Waals surface area contributed by atoms with Gasteiger partial charge >= 0.3 is 0 Å². The lowest BCUT2D eigenvalue weighted by molar-refractivity contribution is -0.120. The maximum absolute atomic E-state index is 10.9. The second-order valence-electron chi connectivity index (χ2n) is 4.29. The molecule has 0 saturated heterocycles. The minimum Gasteiger partial charge on any atom is -0.368 e. The lowest BCUT2D eigenvalue weighted by Gasteiger charge is -2.05. The second kappa shape index (κ2) is 5.60. The van der Waals surface area contributed by atoms with E-state index in [1.807, 2.05) is 0 Å². The summed E-state index contributed by atoms with van der Waals surface area (Å²) < 4.78 is 1.48. The zero-order chi connectivity index (χ0) is 12.1. The summed E-state index contributed by atoms with van der Waals surface area (Å²) in [5, 5.41) is 11.1. The fourth-order valence-corrected chi connectivity index (χ4v) is 1.20. The van der Waals surface area contributed by atoms with E-state index in [9.17, 15) is 4.79 Å². The van der Waals surface area contributed by atoms with Gasteiger partial charge in [0, 0.05) is 6.54 Å². The molecule has 1 heterocycles. The molecule has 0 spiro atoms. The van der Waals surface area contributed by atoms with Gasteiger partial charge in [-0.25, -0.2) is 4.68 Å². The molecular weight excluding hydrogens is 206 g/mol. The van der Waals surface area contributed by atoms with E-state index in [1.54, 1.807) is 13.1 Å². The number of carbonyl (C=O) groups is 1. The van der Waals surface area contributed by atoms with Gasteiger partial charge in [-0.3, -0.25) is 4.79 Å².